The number of rotatable bonds is 6. The van der Waals surface area contributed by atoms with Crippen LogP contribution in [0.3, 0.4) is 0 Å². The van der Waals surface area contributed by atoms with Crippen molar-refractivity contribution in [1.82, 2.24) is 24.9 Å². The van der Waals surface area contributed by atoms with Crippen molar-refractivity contribution in [3.63, 3.8) is 0 Å². The second-order valence-corrected chi connectivity index (χ2v) is 7.69. The van der Waals surface area contributed by atoms with Crippen LogP contribution < -0.4 is 5.69 Å². The van der Waals surface area contributed by atoms with Crippen molar-refractivity contribution in [1.29, 1.82) is 0 Å². The molecule has 0 aliphatic heterocycles. The average molecular weight is 359 g/mol. The summed E-state index contributed by atoms with van der Waals surface area (Å²) in [6.45, 7) is 6.66. The van der Waals surface area contributed by atoms with E-state index in [1.807, 2.05) is 51.1 Å². The summed E-state index contributed by atoms with van der Waals surface area (Å²) < 4.78 is 6.92. The molecule has 3 rings (SSSR count). The standard InChI is InChI=1S/C17H21N5O2S/c1-17(2,3)14-18-13(24-21-14)11-25-16-20-19-15(23)22(16)10-9-12-7-5-4-6-8-12/h4-8H,9-11H2,1-3H3,(H,19,23). The Bertz CT molecular complexity index is 876. The lowest BCUT2D eigenvalue weighted by Gasteiger charge is -2.10. The lowest BCUT2D eigenvalue weighted by Crippen LogP contribution is -2.18. The molecule has 0 aliphatic rings. The van der Waals surface area contributed by atoms with Crippen LogP contribution in [-0.2, 0) is 24.1 Å². The van der Waals surface area contributed by atoms with Crippen molar-refractivity contribution < 1.29 is 4.52 Å². The fourth-order valence-corrected chi connectivity index (χ4v) is 3.05. The number of nitrogens with one attached hydrogen (secondary N) is 1. The van der Waals surface area contributed by atoms with Gasteiger partial charge >= 0.3 is 5.69 Å². The summed E-state index contributed by atoms with van der Waals surface area (Å²) in [5.41, 5.74) is 0.814. The van der Waals surface area contributed by atoms with Crippen molar-refractivity contribution in [3.8, 4) is 0 Å². The Balaban J connectivity index is 1.65. The zero-order chi connectivity index (χ0) is 17.9. The molecule has 2 aromatic heterocycles. The number of hydrogen-bond donors (Lipinski definition) is 1. The van der Waals surface area contributed by atoms with E-state index in [0.29, 0.717) is 29.2 Å². The van der Waals surface area contributed by atoms with Gasteiger partial charge < -0.3 is 4.52 Å². The van der Waals surface area contributed by atoms with Gasteiger partial charge in [0.2, 0.25) is 5.89 Å². The zero-order valence-corrected chi connectivity index (χ0v) is 15.3. The predicted octanol–water partition coefficient (Wildman–Crippen LogP) is 2.79. The van der Waals surface area contributed by atoms with Crippen LogP contribution in [0.5, 0.6) is 0 Å². The van der Waals surface area contributed by atoms with Crippen LogP contribution in [0.4, 0.5) is 0 Å². The molecule has 0 aliphatic carbocycles. The molecule has 0 bridgehead atoms. The average Bonchev–Trinajstić information content (AvgIpc) is 3.19. The molecule has 132 valence electrons. The van der Waals surface area contributed by atoms with E-state index in [1.54, 1.807) is 4.57 Å². The lowest BCUT2D eigenvalue weighted by atomic mass is 9.96. The molecule has 0 amide bonds. The molecular weight excluding hydrogens is 338 g/mol. The molecule has 0 radical (unpaired) electrons. The first-order valence-electron chi connectivity index (χ1n) is 8.08. The van der Waals surface area contributed by atoms with Gasteiger partial charge in [0, 0.05) is 12.0 Å². The third kappa shape index (κ3) is 4.39. The molecule has 2 heterocycles. The van der Waals surface area contributed by atoms with Crippen LogP contribution in [-0.4, -0.2) is 24.9 Å². The highest BCUT2D eigenvalue weighted by Crippen LogP contribution is 2.22. The summed E-state index contributed by atoms with van der Waals surface area (Å²) in [7, 11) is 0. The number of aromatic nitrogens is 5. The van der Waals surface area contributed by atoms with Crippen LogP contribution in [0.25, 0.3) is 0 Å². The second kappa shape index (κ2) is 7.26. The normalized spacial score (nSPS) is 11.8. The molecule has 7 nitrogen and oxygen atoms in total. The summed E-state index contributed by atoms with van der Waals surface area (Å²) in [4.78, 5) is 16.4. The van der Waals surface area contributed by atoms with Gasteiger partial charge in [-0.05, 0) is 12.0 Å². The van der Waals surface area contributed by atoms with Crippen LogP contribution in [0.1, 0.15) is 38.0 Å². The van der Waals surface area contributed by atoms with E-state index in [9.17, 15) is 4.79 Å². The quantitative estimate of drug-likeness (QED) is 0.681. The maximum Gasteiger partial charge on any atom is 0.343 e. The monoisotopic (exact) mass is 359 g/mol. The molecular formula is C17H21N5O2S. The Hall–Kier alpha value is -2.35. The van der Waals surface area contributed by atoms with Gasteiger partial charge in [-0.2, -0.15) is 4.98 Å². The Kier molecular flexibility index (Phi) is 5.08. The minimum atomic E-state index is -0.209. The second-order valence-electron chi connectivity index (χ2n) is 6.75. The van der Waals surface area contributed by atoms with Gasteiger partial charge in [0.15, 0.2) is 11.0 Å². The summed E-state index contributed by atoms with van der Waals surface area (Å²) in [6.07, 6.45) is 0.766. The van der Waals surface area contributed by atoms with Gasteiger partial charge in [-0.1, -0.05) is 68.0 Å². The number of H-pyrrole nitrogens is 1. The minimum Gasteiger partial charge on any atom is -0.338 e. The molecule has 0 fully saturated rings. The highest BCUT2D eigenvalue weighted by Gasteiger charge is 2.21. The molecule has 0 spiro atoms. The first-order valence-corrected chi connectivity index (χ1v) is 9.07. The summed E-state index contributed by atoms with van der Waals surface area (Å²) in [5, 5.41) is 11.2. The Morgan fingerprint density at radius 2 is 2.00 bits per heavy atom. The van der Waals surface area contributed by atoms with Crippen molar-refractivity contribution >= 4 is 11.8 Å². The van der Waals surface area contributed by atoms with E-state index >= 15 is 0 Å². The smallest absolute Gasteiger partial charge is 0.338 e. The summed E-state index contributed by atoms with van der Waals surface area (Å²) >= 11 is 1.40. The molecule has 1 N–H and O–H groups in total. The lowest BCUT2D eigenvalue weighted by molar-refractivity contribution is 0.372. The number of nitrogens with zero attached hydrogens (tertiary/aromatic N) is 4. The summed E-state index contributed by atoms with van der Waals surface area (Å²) in [5.74, 6) is 1.67. The number of thioether (sulfide) groups is 1. The van der Waals surface area contributed by atoms with Crippen LogP contribution in [0.2, 0.25) is 0 Å². The van der Waals surface area contributed by atoms with Crippen LogP contribution >= 0.6 is 11.8 Å². The third-order valence-corrected chi connectivity index (χ3v) is 4.61. The van der Waals surface area contributed by atoms with E-state index in [-0.39, 0.29) is 11.1 Å². The predicted molar refractivity (Wildman–Crippen MR) is 95.6 cm³/mol. The number of benzene rings is 1. The highest BCUT2D eigenvalue weighted by molar-refractivity contribution is 7.98. The Morgan fingerprint density at radius 1 is 1.24 bits per heavy atom. The SMILES string of the molecule is CC(C)(C)c1noc(CSc2n[nH]c(=O)n2CCc2ccccc2)n1. The minimum absolute atomic E-state index is 0.156. The van der Waals surface area contributed by atoms with Crippen LogP contribution in [0.15, 0.2) is 44.8 Å². The van der Waals surface area contributed by atoms with Crippen molar-refractivity contribution in [2.45, 2.75) is 50.1 Å². The molecule has 0 atom stereocenters. The molecule has 1 aromatic carbocycles. The van der Waals surface area contributed by atoms with E-state index < -0.39 is 0 Å². The van der Waals surface area contributed by atoms with Crippen molar-refractivity contribution in [3.05, 3.63) is 58.1 Å². The molecule has 25 heavy (non-hydrogen) atoms. The Morgan fingerprint density at radius 3 is 2.68 bits per heavy atom. The van der Waals surface area contributed by atoms with Gasteiger partial charge in [0.05, 0.1) is 5.75 Å². The van der Waals surface area contributed by atoms with Gasteiger partial charge in [-0.3, -0.25) is 4.57 Å². The summed E-state index contributed by atoms with van der Waals surface area (Å²) in [6, 6.07) is 10.1. The van der Waals surface area contributed by atoms with Gasteiger partial charge in [0.1, 0.15) is 0 Å². The van der Waals surface area contributed by atoms with E-state index in [2.05, 4.69) is 20.3 Å². The maximum atomic E-state index is 12.0. The van der Waals surface area contributed by atoms with Crippen molar-refractivity contribution in [2.24, 2.45) is 0 Å². The number of hydrogen-bond acceptors (Lipinski definition) is 6. The molecule has 0 unspecified atom stereocenters. The topological polar surface area (TPSA) is 89.6 Å². The maximum absolute atomic E-state index is 12.0. The van der Waals surface area contributed by atoms with Crippen LogP contribution in [0, 0.1) is 0 Å². The van der Waals surface area contributed by atoms with Gasteiger partial charge in [0.25, 0.3) is 0 Å². The number of aromatic amines is 1. The fourth-order valence-electron chi connectivity index (χ4n) is 2.24. The van der Waals surface area contributed by atoms with E-state index in [4.69, 9.17) is 4.52 Å². The fraction of sp³-hybridized carbons (Fsp3) is 0.412. The largest absolute Gasteiger partial charge is 0.343 e. The number of aryl methyl sites for hydroxylation is 1. The molecule has 0 saturated heterocycles. The van der Waals surface area contributed by atoms with Gasteiger partial charge in [-0.25, -0.2) is 9.89 Å². The molecule has 8 heteroatoms. The first kappa shape index (κ1) is 17.5. The van der Waals surface area contributed by atoms with Gasteiger partial charge in [-0.15, -0.1) is 5.10 Å². The van der Waals surface area contributed by atoms with Crippen molar-refractivity contribution in [2.75, 3.05) is 0 Å². The third-order valence-electron chi connectivity index (χ3n) is 3.65. The van der Waals surface area contributed by atoms with E-state index in [1.165, 1.54) is 17.3 Å². The highest BCUT2D eigenvalue weighted by atomic mass is 32.2. The van der Waals surface area contributed by atoms with E-state index in [0.717, 1.165) is 6.42 Å². The Labute approximate surface area is 149 Å². The zero-order valence-electron chi connectivity index (χ0n) is 14.5. The molecule has 0 saturated carbocycles. The first-order chi connectivity index (χ1) is 11.9. The molecule has 3 aromatic rings.